The first-order chi connectivity index (χ1) is 13.9. The summed E-state index contributed by atoms with van der Waals surface area (Å²) in [6.07, 6.45) is -1.25. The molecule has 146 valence electrons. The lowest BCUT2D eigenvalue weighted by Gasteiger charge is -2.07. The minimum absolute atomic E-state index is 0.173. The molecule has 0 aliphatic heterocycles. The van der Waals surface area contributed by atoms with Gasteiger partial charge in [0.05, 0.1) is 11.4 Å². The number of alkyl halides is 3. The van der Waals surface area contributed by atoms with E-state index in [1.165, 1.54) is 0 Å². The van der Waals surface area contributed by atoms with Gasteiger partial charge in [-0.05, 0) is 24.6 Å². The number of aryl methyl sites for hydroxylation is 1. The van der Waals surface area contributed by atoms with Crippen LogP contribution in [0.25, 0.3) is 28.5 Å². The molecule has 0 bridgehead atoms. The third-order valence-corrected chi connectivity index (χ3v) is 5.10. The maximum atomic E-state index is 13.6. The molecule has 2 heterocycles. The van der Waals surface area contributed by atoms with E-state index >= 15 is 0 Å². The molecule has 4 aromatic rings. The summed E-state index contributed by atoms with van der Waals surface area (Å²) in [6.45, 7) is 1.97. The fourth-order valence-electron chi connectivity index (χ4n) is 2.79. The van der Waals surface area contributed by atoms with Crippen LogP contribution in [-0.4, -0.2) is 14.8 Å². The standard InChI is InChI=1S/C22H16F3N3S/c1-15-7-10-17(11-8-15)19-14-29-21(26-19)28-20(22(23,24)25)13-18(27-28)12-9-16-5-3-2-4-6-16/h2-14H,1H3. The van der Waals surface area contributed by atoms with E-state index in [9.17, 15) is 13.2 Å². The van der Waals surface area contributed by atoms with Crippen LogP contribution in [0.2, 0.25) is 0 Å². The minimum atomic E-state index is -4.54. The lowest BCUT2D eigenvalue weighted by molar-refractivity contribution is -0.142. The van der Waals surface area contributed by atoms with E-state index < -0.39 is 11.9 Å². The number of rotatable bonds is 4. The molecular formula is C22H16F3N3S. The van der Waals surface area contributed by atoms with Gasteiger partial charge in [-0.25, -0.2) is 9.67 Å². The summed E-state index contributed by atoms with van der Waals surface area (Å²) < 4.78 is 41.6. The average molecular weight is 411 g/mol. The quantitative estimate of drug-likeness (QED) is 0.384. The summed E-state index contributed by atoms with van der Waals surface area (Å²) in [7, 11) is 0. The molecule has 0 amide bonds. The van der Waals surface area contributed by atoms with E-state index in [1.807, 2.05) is 61.5 Å². The second kappa shape index (κ2) is 7.67. The maximum absolute atomic E-state index is 13.6. The van der Waals surface area contributed by atoms with Gasteiger partial charge in [-0.2, -0.15) is 18.3 Å². The van der Waals surface area contributed by atoms with E-state index in [1.54, 1.807) is 17.5 Å². The molecule has 2 aromatic heterocycles. The Morgan fingerprint density at radius 2 is 1.69 bits per heavy atom. The Kier molecular flexibility index (Phi) is 5.07. The predicted octanol–water partition coefficient (Wildman–Crippen LogP) is 6.49. The Bertz CT molecular complexity index is 1140. The number of hydrogen-bond acceptors (Lipinski definition) is 3. The molecule has 4 rings (SSSR count). The third kappa shape index (κ3) is 4.30. The molecule has 2 aromatic carbocycles. The normalized spacial score (nSPS) is 12.0. The molecule has 0 saturated carbocycles. The van der Waals surface area contributed by atoms with E-state index in [0.29, 0.717) is 5.69 Å². The summed E-state index contributed by atoms with van der Waals surface area (Å²) in [4.78, 5) is 4.38. The van der Waals surface area contributed by atoms with Gasteiger partial charge in [0, 0.05) is 10.9 Å². The van der Waals surface area contributed by atoms with Gasteiger partial charge < -0.3 is 0 Å². The Morgan fingerprint density at radius 1 is 0.966 bits per heavy atom. The molecule has 0 radical (unpaired) electrons. The van der Waals surface area contributed by atoms with Gasteiger partial charge in [-0.3, -0.25) is 0 Å². The number of hydrogen-bond donors (Lipinski definition) is 0. The highest BCUT2D eigenvalue weighted by Gasteiger charge is 2.36. The summed E-state index contributed by atoms with van der Waals surface area (Å²) in [5.74, 6) is 0. The lowest BCUT2D eigenvalue weighted by atomic mass is 10.1. The second-order valence-corrected chi connectivity index (χ2v) is 7.33. The van der Waals surface area contributed by atoms with Crippen molar-refractivity contribution in [3.8, 4) is 16.4 Å². The van der Waals surface area contributed by atoms with Crippen molar-refractivity contribution in [1.29, 1.82) is 0 Å². The fraction of sp³-hybridized carbons (Fsp3) is 0.0909. The van der Waals surface area contributed by atoms with Crippen LogP contribution in [0.4, 0.5) is 13.2 Å². The average Bonchev–Trinajstić information content (AvgIpc) is 3.35. The second-order valence-electron chi connectivity index (χ2n) is 6.49. The molecule has 0 saturated heterocycles. The first kappa shape index (κ1) is 19.1. The monoisotopic (exact) mass is 411 g/mol. The zero-order valence-electron chi connectivity index (χ0n) is 15.4. The summed E-state index contributed by atoms with van der Waals surface area (Å²) in [5, 5.41) is 6.05. The predicted molar refractivity (Wildman–Crippen MR) is 110 cm³/mol. The smallest absolute Gasteiger partial charge is 0.218 e. The molecule has 3 nitrogen and oxygen atoms in total. The van der Waals surface area contributed by atoms with E-state index in [4.69, 9.17) is 0 Å². The maximum Gasteiger partial charge on any atom is 0.433 e. The molecular weight excluding hydrogens is 395 g/mol. The van der Waals surface area contributed by atoms with E-state index in [0.717, 1.165) is 38.8 Å². The van der Waals surface area contributed by atoms with Crippen LogP contribution < -0.4 is 0 Å². The van der Waals surface area contributed by atoms with Crippen LogP contribution in [-0.2, 0) is 6.18 Å². The van der Waals surface area contributed by atoms with Gasteiger partial charge in [-0.1, -0.05) is 66.2 Å². The van der Waals surface area contributed by atoms with Crippen molar-refractivity contribution >= 4 is 23.5 Å². The number of aromatic nitrogens is 3. The van der Waals surface area contributed by atoms with Crippen molar-refractivity contribution in [3.63, 3.8) is 0 Å². The van der Waals surface area contributed by atoms with E-state index in [2.05, 4.69) is 10.1 Å². The molecule has 29 heavy (non-hydrogen) atoms. The number of thiazole rings is 1. The number of benzene rings is 2. The molecule has 7 heteroatoms. The number of nitrogens with zero attached hydrogens (tertiary/aromatic N) is 3. The first-order valence-corrected chi connectivity index (χ1v) is 9.71. The number of halogens is 3. The largest absolute Gasteiger partial charge is 0.433 e. The molecule has 0 atom stereocenters. The van der Waals surface area contributed by atoms with Gasteiger partial charge in [-0.15, -0.1) is 11.3 Å². The molecule has 0 aliphatic rings. The lowest BCUT2D eigenvalue weighted by Crippen LogP contribution is -2.13. The van der Waals surface area contributed by atoms with Crippen LogP contribution in [0, 0.1) is 6.92 Å². The zero-order chi connectivity index (χ0) is 20.4. The molecule has 0 spiro atoms. The van der Waals surface area contributed by atoms with Crippen LogP contribution >= 0.6 is 11.3 Å². The Hall–Kier alpha value is -3.19. The van der Waals surface area contributed by atoms with Gasteiger partial charge in [0.25, 0.3) is 0 Å². The molecule has 0 aliphatic carbocycles. The highest BCUT2D eigenvalue weighted by atomic mass is 32.1. The first-order valence-electron chi connectivity index (χ1n) is 8.83. The van der Waals surface area contributed by atoms with Gasteiger partial charge in [0.15, 0.2) is 5.69 Å². The highest BCUT2D eigenvalue weighted by Crippen LogP contribution is 2.33. The van der Waals surface area contributed by atoms with Crippen molar-refractivity contribution in [2.45, 2.75) is 13.1 Å². The third-order valence-electron chi connectivity index (χ3n) is 4.29. The summed E-state index contributed by atoms with van der Waals surface area (Å²) in [5.41, 5.74) is 2.82. The van der Waals surface area contributed by atoms with Crippen molar-refractivity contribution in [3.05, 3.63) is 88.6 Å². The van der Waals surface area contributed by atoms with Crippen molar-refractivity contribution in [1.82, 2.24) is 14.8 Å². The van der Waals surface area contributed by atoms with Crippen LogP contribution in [0.3, 0.4) is 0 Å². The summed E-state index contributed by atoms with van der Waals surface area (Å²) in [6, 6.07) is 18.1. The van der Waals surface area contributed by atoms with Gasteiger partial charge >= 0.3 is 6.18 Å². The van der Waals surface area contributed by atoms with Crippen LogP contribution in [0.5, 0.6) is 0 Å². The highest BCUT2D eigenvalue weighted by molar-refractivity contribution is 7.12. The van der Waals surface area contributed by atoms with Gasteiger partial charge in [0.1, 0.15) is 0 Å². The molecule has 0 fully saturated rings. The topological polar surface area (TPSA) is 30.7 Å². The zero-order valence-corrected chi connectivity index (χ0v) is 16.2. The molecule has 0 unspecified atom stereocenters. The van der Waals surface area contributed by atoms with Crippen LogP contribution in [0.1, 0.15) is 22.5 Å². The SMILES string of the molecule is Cc1ccc(-c2csc(-n3nc(C=Cc4ccccc4)cc3C(F)(F)F)n2)cc1. The van der Waals surface area contributed by atoms with Crippen LogP contribution in [0.15, 0.2) is 66.0 Å². The van der Waals surface area contributed by atoms with Crippen molar-refractivity contribution in [2.75, 3.05) is 0 Å². The summed E-state index contributed by atoms with van der Waals surface area (Å²) >= 11 is 1.13. The Morgan fingerprint density at radius 3 is 2.38 bits per heavy atom. The minimum Gasteiger partial charge on any atom is -0.218 e. The fourth-order valence-corrected chi connectivity index (χ4v) is 3.59. The van der Waals surface area contributed by atoms with Crippen molar-refractivity contribution < 1.29 is 13.2 Å². The Labute approximate surface area is 169 Å². The van der Waals surface area contributed by atoms with E-state index in [-0.39, 0.29) is 10.8 Å². The van der Waals surface area contributed by atoms with Gasteiger partial charge in [0.2, 0.25) is 5.13 Å². The van der Waals surface area contributed by atoms with Crippen molar-refractivity contribution in [2.24, 2.45) is 0 Å². The molecule has 0 N–H and O–H groups in total. The Balaban J connectivity index is 1.70.